The quantitative estimate of drug-likeness (QED) is 0.754. The fourth-order valence-corrected chi connectivity index (χ4v) is 2.35. The molecule has 0 radical (unpaired) electrons. The molecule has 0 aromatic heterocycles. The molecule has 0 fully saturated rings. The zero-order chi connectivity index (χ0) is 13.9. The van der Waals surface area contributed by atoms with Crippen molar-refractivity contribution in [3.05, 3.63) is 31.8 Å². The fraction of sp³-hybridized carbons (Fsp3) is 0.333. The Balaban J connectivity index is 2.86. The van der Waals surface area contributed by atoms with Crippen molar-refractivity contribution in [2.45, 2.75) is 6.92 Å². The van der Waals surface area contributed by atoms with Gasteiger partial charge in [-0.15, -0.1) is 0 Å². The van der Waals surface area contributed by atoms with Crippen LogP contribution in [0.4, 0.5) is 0 Å². The van der Waals surface area contributed by atoms with E-state index in [1.807, 2.05) is 12.1 Å². The minimum Gasteiger partial charge on any atom is -0.481 e. The minimum absolute atomic E-state index is 0.187. The number of carboxylic acids is 1. The Hall–Kier alpha value is -0.630. The molecule has 0 saturated carbocycles. The van der Waals surface area contributed by atoms with Gasteiger partial charge in [0.2, 0.25) is 0 Å². The molecule has 98 valence electrons. The van der Waals surface area contributed by atoms with E-state index in [0.29, 0.717) is 10.0 Å². The standard InChI is InChI=1S/C12H13BrINO3/c1-7(12(17)18)6-15(2)11(16)9-5-8(14)3-4-10(9)13/h3-5,7H,6H2,1-2H3,(H,17,18). The highest BCUT2D eigenvalue weighted by atomic mass is 127. The fourth-order valence-electron chi connectivity index (χ4n) is 1.44. The molecule has 0 aliphatic heterocycles. The van der Waals surface area contributed by atoms with Gasteiger partial charge in [0.05, 0.1) is 11.5 Å². The Kier molecular flexibility index (Phi) is 5.58. The van der Waals surface area contributed by atoms with E-state index in [2.05, 4.69) is 38.5 Å². The van der Waals surface area contributed by atoms with Crippen molar-refractivity contribution in [3.8, 4) is 0 Å². The van der Waals surface area contributed by atoms with Crippen molar-refractivity contribution in [2.75, 3.05) is 13.6 Å². The maximum absolute atomic E-state index is 12.2. The molecule has 6 heteroatoms. The van der Waals surface area contributed by atoms with E-state index in [4.69, 9.17) is 5.11 Å². The smallest absolute Gasteiger partial charge is 0.308 e. The predicted octanol–water partition coefficient (Wildman–Crippen LogP) is 2.85. The SMILES string of the molecule is CC(CN(C)C(=O)c1cc(I)ccc1Br)C(=O)O. The first-order chi connectivity index (χ1) is 8.32. The number of hydrogen-bond acceptors (Lipinski definition) is 2. The average molecular weight is 426 g/mol. The van der Waals surface area contributed by atoms with Crippen molar-refractivity contribution in [1.82, 2.24) is 4.90 Å². The van der Waals surface area contributed by atoms with E-state index >= 15 is 0 Å². The van der Waals surface area contributed by atoms with Gasteiger partial charge in [-0.05, 0) is 56.7 Å². The summed E-state index contributed by atoms with van der Waals surface area (Å²) in [6.45, 7) is 1.77. The molecule has 1 amide bonds. The lowest BCUT2D eigenvalue weighted by molar-refractivity contribution is -0.141. The average Bonchev–Trinajstić information content (AvgIpc) is 2.31. The molecular formula is C12H13BrINO3. The van der Waals surface area contributed by atoms with Crippen molar-refractivity contribution in [3.63, 3.8) is 0 Å². The number of rotatable bonds is 4. The van der Waals surface area contributed by atoms with Crippen LogP contribution >= 0.6 is 38.5 Å². The van der Waals surface area contributed by atoms with Gasteiger partial charge in [-0.3, -0.25) is 9.59 Å². The summed E-state index contributed by atoms with van der Waals surface area (Å²) in [5, 5.41) is 8.83. The Morgan fingerprint density at radius 1 is 1.50 bits per heavy atom. The van der Waals surface area contributed by atoms with Crippen LogP contribution in [-0.4, -0.2) is 35.5 Å². The van der Waals surface area contributed by atoms with Crippen LogP contribution in [-0.2, 0) is 4.79 Å². The first kappa shape index (κ1) is 15.4. The molecule has 1 unspecified atom stereocenters. The second-order valence-electron chi connectivity index (χ2n) is 4.05. The molecule has 1 rings (SSSR count). The third kappa shape index (κ3) is 3.94. The van der Waals surface area contributed by atoms with Gasteiger partial charge in [-0.25, -0.2) is 0 Å². The summed E-state index contributed by atoms with van der Waals surface area (Å²) >= 11 is 5.46. The van der Waals surface area contributed by atoms with Crippen molar-refractivity contribution >= 4 is 50.4 Å². The topological polar surface area (TPSA) is 57.6 Å². The highest BCUT2D eigenvalue weighted by Crippen LogP contribution is 2.21. The van der Waals surface area contributed by atoms with E-state index < -0.39 is 11.9 Å². The molecule has 0 aliphatic rings. The van der Waals surface area contributed by atoms with Gasteiger partial charge < -0.3 is 10.0 Å². The van der Waals surface area contributed by atoms with E-state index in [1.165, 1.54) is 4.90 Å². The maximum atomic E-state index is 12.2. The number of amides is 1. The molecule has 0 aliphatic carbocycles. The van der Waals surface area contributed by atoms with Gasteiger partial charge in [0, 0.05) is 21.6 Å². The third-order valence-corrected chi connectivity index (χ3v) is 3.84. The third-order valence-electron chi connectivity index (χ3n) is 2.47. The molecule has 4 nitrogen and oxygen atoms in total. The summed E-state index contributed by atoms with van der Waals surface area (Å²) in [6.07, 6.45) is 0. The summed E-state index contributed by atoms with van der Waals surface area (Å²) < 4.78 is 1.67. The number of carbonyl (C=O) groups is 2. The molecule has 1 atom stereocenters. The van der Waals surface area contributed by atoms with Crippen LogP contribution < -0.4 is 0 Å². The Morgan fingerprint density at radius 2 is 2.11 bits per heavy atom. The summed E-state index contributed by atoms with van der Waals surface area (Å²) in [4.78, 5) is 24.4. The Morgan fingerprint density at radius 3 is 2.67 bits per heavy atom. The summed E-state index contributed by atoms with van der Waals surface area (Å²) in [7, 11) is 1.61. The van der Waals surface area contributed by atoms with Crippen molar-refractivity contribution in [2.24, 2.45) is 5.92 Å². The lowest BCUT2D eigenvalue weighted by Crippen LogP contribution is -2.33. The van der Waals surface area contributed by atoms with Gasteiger partial charge >= 0.3 is 5.97 Å². The van der Waals surface area contributed by atoms with Gasteiger partial charge in [0.25, 0.3) is 5.91 Å². The number of benzene rings is 1. The molecule has 1 aromatic rings. The van der Waals surface area contributed by atoms with Gasteiger partial charge in [0.15, 0.2) is 0 Å². The van der Waals surface area contributed by atoms with Crippen LogP contribution in [0, 0.1) is 9.49 Å². The Bertz CT molecular complexity index is 478. The summed E-state index contributed by atoms with van der Waals surface area (Å²) in [6, 6.07) is 5.47. The zero-order valence-corrected chi connectivity index (χ0v) is 13.7. The number of nitrogens with zero attached hydrogens (tertiary/aromatic N) is 1. The number of hydrogen-bond donors (Lipinski definition) is 1. The lowest BCUT2D eigenvalue weighted by Gasteiger charge is -2.20. The van der Waals surface area contributed by atoms with E-state index in [1.54, 1.807) is 20.0 Å². The number of aliphatic carboxylic acids is 1. The second kappa shape index (κ2) is 6.51. The zero-order valence-electron chi connectivity index (χ0n) is 9.98. The number of carbonyl (C=O) groups excluding carboxylic acids is 1. The monoisotopic (exact) mass is 425 g/mol. The molecule has 0 saturated heterocycles. The van der Waals surface area contributed by atoms with Gasteiger partial charge in [-0.2, -0.15) is 0 Å². The van der Waals surface area contributed by atoms with Crippen molar-refractivity contribution < 1.29 is 14.7 Å². The van der Waals surface area contributed by atoms with Crippen LogP contribution in [0.5, 0.6) is 0 Å². The normalized spacial score (nSPS) is 12.0. The van der Waals surface area contributed by atoms with E-state index in [-0.39, 0.29) is 12.5 Å². The highest BCUT2D eigenvalue weighted by molar-refractivity contribution is 14.1. The summed E-state index contributed by atoms with van der Waals surface area (Å²) in [5.74, 6) is -1.68. The first-order valence-electron chi connectivity index (χ1n) is 5.26. The maximum Gasteiger partial charge on any atom is 0.308 e. The largest absolute Gasteiger partial charge is 0.481 e. The molecule has 18 heavy (non-hydrogen) atoms. The van der Waals surface area contributed by atoms with Gasteiger partial charge in [0.1, 0.15) is 0 Å². The Labute approximate surface area is 128 Å². The molecule has 0 heterocycles. The van der Waals surface area contributed by atoms with Crippen LogP contribution in [0.25, 0.3) is 0 Å². The summed E-state index contributed by atoms with van der Waals surface area (Å²) in [5.41, 5.74) is 0.544. The first-order valence-corrected chi connectivity index (χ1v) is 7.13. The molecule has 0 spiro atoms. The number of halogens is 2. The molecule has 1 aromatic carbocycles. The molecular weight excluding hydrogens is 413 g/mol. The van der Waals surface area contributed by atoms with E-state index in [0.717, 1.165) is 3.57 Å². The lowest BCUT2D eigenvalue weighted by atomic mass is 10.1. The predicted molar refractivity (Wildman–Crippen MR) is 80.6 cm³/mol. The van der Waals surface area contributed by atoms with Crippen LogP contribution in [0.1, 0.15) is 17.3 Å². The van der Waals surface area contributed by atoms with E-state index in [9.17, 15) is 9.59 Å². The van der Waals surface area contributed by atoms with Crippen molar-refractivity contribution in [1.29, 1.82) is 0 Å². The van der Waals surface area contributed by atoms with Crippen LogP contribution in [0.15, 0.2) is 22.7 Å². The minimum atomic E-state index is -0.906. The highest BCUT2D eigenvalue weighted by Gasteiger charge is 2.20. The molecule has 0 bridgehead atoms. The number of carboxylic acid groups (broad SMARTS) is 1. The van der Waals surface area contributed by atoms with Crippen LogP contribution in [0.3, 0.4) is 0 Å². The van der Waals surface area contributed by atoms with Gasteiger partial charge in [-0.1, -0.05) is 6.92 Å². The van der Waals surface area contributed by atoms with Crippen LogP contribution in [0.2, 0.25) is 0 Å². The molecule has 1 N–H and O–H groups in total. The second-order valence-corrected chi connectivity index (χ2v) is 6.15.